The standard InChI is InChI=1S/C9H21FN2/c1-7(11)5-9(3,4)6-12-8(2)10/h7-8,12H,5-6,11H2,1-4H3/t7?,8-/m0/s1. The largest absolute Gasteiger partial charge is 0.328 e. The number of hydrogen-bond acceptors (Lipinski definition) is 2. The number of rotatable bonds is 5. The van der Waals surface area contributed by atoms with Crippen molar-refractivity contribution in [2.75, 3.05) is 6.54 Å². The van der Waals surface area contributed by atoms with E-state index in [2.05, 4.69) is 19.2 Å². The van der Waals surface area contributed by atoms with E-state index in [1.807, 2.05) is 6.92 Å². The van der Waals surface area contributed by atoms with Crippen LogP contribution in [0.1, 0.15) is 34.1 Å². The Bertz CT molecular complexity index is 122. The third-order valence-electron chi connectivity index (χ3n) is 1.74. The lowest BCUT2D eigenvalue weighted by molar-refractivity contribution is 0.226. The Morgan fingerprint density at radius 1 is 1.42 bits per heavy atom. The fourth-order valence-corrected chi connectivity index (χ4v) is 1.36. The van der Waals surface area contributed by atoms with Gasteiger partial charge in [-0.15, -0.1) is 0 Å². The van der Waals surface area contributed by atoms with Gasteiger partial charge in [-0.25, -0.2) is 4.39 Å². The van der Waals surface area contributed by atoms with Gasteiger partial charge in [0.2, 0.25) is 0 Å². The van der Waals surface area contributed by atoms with E-state index in [0.717, 1.165) is 6.42 Å². The molecule has 0 aromatic rings. The van der Waals surface area contributed by atoms with Gasteiger partial charge in [0.1, 0.15) is 6.30 Å². The zero-order valence-corrected chi connectivity index (χ0v) is 8.52. The summed E-state index contributed by atoms with van der Waals surface area (Å²) in [6.45, 7) is 8.33. The van der Waals surface area contributed by atoms with Crippen molar-refractivity contribution >= 4 is 0 Å². The first kappa shape index (κ1) is 11.8. The van der Waals surface area contributed by atoms with Crippen molar-refractivity contribution in [1.82, 2.24) is 5.32 Å². The molecular weight excluding hydrogens is 155 g/mol. The average Bonchev–Trinajstić information content (AvgIpc) is 1.81. The monoisotopic (exact) mass is 176 g/mol. The Kier molecular flexibility index (Phi) is 4.71. The first-order valence-corrected chi connectivity index (χ1v) is 4.46. The molecule has 0 heterocycles. The van der Waals surface area contributed by atoms with Crippen LogP contribution in [0, 0.1) is 5.41 Å². The smallest absolute Gasteiger partial charge is 0.148 e. The first-order valence-electron chi connectivity index (χ1n) is 4.46. The van der Waals surface area contributed by atoms with E-state index in [1.165, 1.54) is 6.92 Å². The van der Waals surface area contributed by atoms with Crippen LogP contribution in [-0.2, 0) is 0 Å². The lowest BCUT2D eigenvalue weighted by atomic mass is 9.86. The lowest BCUT2D eigenvalue weighted by Gasteiger charge is -2.27. The van der Waals surface area contributed by atoms with Crippen LogP contribution in [0.3, 0.4) is 0 Å². The van der Waals surface area contributed by atoms with Crippen LogP contribution in [0.15, 0.2) is 0 Å². The van der Waals surface area contributed by atoms with Crippen LogP contribution in [0.4, 0.5) is 4.39 Å². The summed E-state index contributed by atoms with van der Waals surface area (Å²) >= 11 is 0. The number of hydrogen-bond donors (Lipinski definition) is 2. The highest BCUT2D eigenvalue weighted by atomic mass is 19.1. The number of alkyl halides is 1. The molecule has 0 aliphatic heterocycles. The third-order valence-corrected chi connectivity index (χ3v) is 1.74. The molecule has 0 rings (SSSR count). The molecule has 0 aliphatic carbocycles. The van der Waals surface area contributed by atoms with Crippen LogP contribution in [0.25, 0.3) is 0 Å². The molecule has 0 amide bonds. The van der Waals surface area contributed by atoms with E-state index in [1.54, 1.807) is 0 Å². The molecule has 0 radical (unpaired) electrons. The van der Waals surface area contributed by atoms with E-state index >= 15 is 0 Å². The molecule has 2 nitrogen and oxygen atoms in total. The van der Waals surface area contributed by atoms with Gasteiger partial charge in [0.15, 0.2) is 0 Å². The molecule has 0 aliphatic rings. The molecule has 0 saturated carbocycles. The predicted molar refractivity (Wildman–Crippen MR) is 50.6 cm³/mol. The minimum atomic E-state index is -0.933. The molecule has 0 spiro atoms. The quantitative estimate of drug-likeness (QED) is 0.625. The minimum Gasteiger partial charge on any atom is -0.328 e. The van der Waals surface area contributed by atoms with Crippen molar-refractivity contribution in [2.24, 2.45) is 11.1 Å². The third kappa shape index (κ3) is 6.55. The molecule has 3 heteroatoms. The molecule has 1 unspecified atom stereocenters. The second kappa shape index (κ2) is 4.77. The van der Waals surface area contributed by atoms with Gasteiger partial charge in [-0.05, 0) is 25.7 Å². The lowest BCUT2D eigenvalue weighted by Crippen LogP contribution is -2.36. The van der Waals surface area contributed by atoms with Crippen molar-refractivity contribution in [2.45, 2.75) is 46.5 Å². The average molecular weight is 176 g/mol. The summed E-state index contributed by atoms with van der Waals surface area (Å²) in [6.07, 6.45) is -0.0236. The summed E-state index contributed by atoms with van der Waals surface area (Å²) in [5.74, 6) is 0. The van der Waals surface area contributed by atoms with Crippen molar-refractivity contribution in [3.05, 3.63) is 0 Å². The van der Waals surface area contributed by atoms with Crippen molar-refractivity contribution in [1.29, 1.82) is 0 Å². The molecule has 74 valence electrons. The molecule has 0 bridgehead atoms. The van der Waals surface area contributed by atoms with Gasteiger partial charge in [-0.3, -0.25) is 5.32 Å². The fourth-order valence-electron chi connectivity index (χ4n) is 1.36. The molecule has 0 fully saturated rings. The van der Waals surface area contributed by atoms with Crippen LogP contribution in [0.5, 0.6) is 0 Å². The van der Waals surface area contributed by atoms with Gasteiger partial charge in [0, 0.05) is 12.6 Å². The van der Waals surface area contributed by atoms with Crippen molar-refractivity contribution in [3.63, 3.8) is 0 Å². The SMILES string of the molecule is CC(N)CC(C)(C)CN[C@@H](C)F. The second-order valence-electron chi connectivity index (χ2n) is 4.34. The maximum atomic E-state index is 12.4. The van der Waals surface area contributed by atoms with Crippen LogP contribution >= 0.6 is 0 Å². The maximum Gasteiger partial charge on any atom is 0.148 e. The summed E-state index contributed by atoms with van der Waals surface area (Å²) in [4.78, 5) is 0. The zero-order valence-electron chi connectivity index (χ0n) is 8.52. The molecule has 0 saturated heterocycles. The maximum absolute atomic E-state index is 12.4. The van der Waals surface area contributed by atoms with Crippen LogP contribution < -0.4 is 11.1 Å². The van der Waals surface area contributed by atoms with Crippen molar-refractivity contribution in [3.8, 4) is 0 Å². The van der Waals surface area contributed by atoms with E-state index in [9.17, 15) is 4.39 Å². The Hall–Kier alpha value is -0.150. The highest BCUT2D eigenvalue weighted by molar-refractivity contribution is 4.75. The normalized spacial score (nSPS) is 17.5. The predicted octanol–water partition coefficient (Wildman–Crippen LogP) is 1.66. The number of nitrogens with two attached hydrogens (primary N) is 1. The highest BCUT2D eigenvalue weighted by Gasteiger charge is 2.19. The first-order chi connectivity index (χ1) is 5.33. The van der Waals surface area contributed by atoms with Gasteiger partial charge >= 0.3 is 0 Å². The molecule has 0 aromatic carbocycles. The summed E-state index contributed by atoms with van der Waals surface area (Å²) in [7, 11) is 0. The topological polar surface area (TPSA) is 38.0 Å². The van der Waals surface area contributed by atoms with E-state index in [0.29, 0.717) is 6.54 Å². The highest BCUT2D eigenvalue weighted by Crippen LogP contribution is 2.20. The summed E-state index contributed by atoms with van der Waals surface area (Å²) in [6, 6.07) is 0.178. The van der Waals surface area contributed by atoms with Gasteiger partial charge in [-0.2, -0.15) is 0 Å². The van der Waals surface area contributed by atoms with Crippen LogP contribution in [-0.4, -0.2) is 18.9 Å². The Morgan fingerprint density at radius 2 is 1.92 bits per heavy atom. The van der Waals surface area contributed by atoms with Gasteiger partial charge < -0.3 is 5.73 Å². The number of nitrogens with one attached hydrogen (secondary N) is 1. The van der Waals surface area contributed by atoms with Crippen molar-refractivity contribution < 1.29 is 4.39 Å². The molecule has 2 atom stereocenters. The van der Waals surface area contributed by atoms with E-state index < -0.39 is 6.30 Å². The minimum absolute atomic E-state index is 0.0779. The van der Waals surface area contributed by atoms with Crippen LogP contribution in [0.2, 0.25) is 0 Å². The van der Waals surface area contributed by atoms with Gasteiger partial charge in [0.25, 0.3) is 0 Å². The van der Waals surface area contributed by atoms with E-state index in [-0.39, 0.29) is 11.5 Å². The molecule has 12 heavy (non-hydrogen) atoms. The summed E-state index contributed by atoms with van der Waals surface area (Å²) in [5, 5.41) is 2.77. The Labute approximate surface area is 74.7 Å². The fraction of sp³-hybridized carbons (Fsp3) is 1.00. The Balaban J connectivity index is 3.71. The zero-order chi connectivity index (χ0) is 9.78. The van der Waals surface area contributed by atoms with Gasteiger partial charge in [0.05, 0.1) is 0 Å². The summed E-state index contributed by atoms with van der Waals surface area (Å²) in [5.41, 5.74) is 5.74. The Morgan fingerprint density at radius 3 is 2.25 bits per heavy atom. The molecule has 3 N–H and O–H groups in total. The number of halogens is 1. The summed E-state index contributed by atoms with van der Waals surface area (Å²) < 4.78 is 12.4. The molecular formula is C9H21FN2. The molecule has 0 aromatic heterocycles. The van der Waals surface area contributed by atoms with E-state index in [4.69, 9.17) is 5.73 Å². The second-order valence-corrected chi connectivity index (χ2v) is 4.34. The van der Waals surface area contributed by atoms with Gasteiger partial charge in [-0.1, -0.05) is 13.8 Å².